The summed E-state index contributed by atoms with van der Waals surface area (Å²) in [5, 5.41) is 5.64. The molecular formula is C24H45N3O8. The van der Waals surface area contributed by atoms with Crippen molar-refractivity contribution in [1.29, 1.82) is 0 Å². The van der Waals surface area contributed by atoms with Crippen LogP contribution >= 0.6 is 0 Å². The summed E-state index contributed by atoms with van der Waals surface area (Å²) in [4.78, 5) is 45.8. The minimum absolute atomic E-state index is 0.00626. The van der Waals surface area contributed by atoms with Crippen molar-refractivity contribution in [1.82, 2.24) is 10.6 Å². The molecule has 11 nitrogen and oxygen atoms in total. The van der Waals surface area contributed by atoms with Crippen molar-refractivity contribution >= 4 is 23.3 Å². The van der Waals surface area contributed by atoms with Crippen LogP contribution in [0.25, 0.3) is 0 Å². The molecule has 0 aromatic carbocycles. The first-order valence-corrected chi connectivity index (χ1v) is 12.4. The van der Waals surface area contributed by atoms with Gasteiger partial charge in [0.15, 0.2) is 11.6 Å². The zero-order valence-corrected chi connectivity index (χ0v) is 21.4. The van der Waals surface area contributed by atoms with Crippen LogP contribution < -0.4 is 16.4 Å². The van der Waals surface area contributed by atoms with Crippen LogP contribution in [0.4, 0.5) is 0 Å². The molecule has 11 heteroatoms. The summed E-state index contributed by atoms with van der Waals surface area (Å²) in [6, 6.07) is -0.207. The number of hydrogen-bond donors (Lipinski definition) is 3. The van der Waals surface area contributed by atoms with Gasteiger partial charge in [0.1, 0.15) is 19.0 Å². The molecule has 0 saturated heterocycles. The zero-order valence-electron chi connectivity index (χ0n) is 21.4. The van der Waals surface area contributed by atoms with Gasteiger partial charge in [-0.2, -0.15) is 0 Å². The number of ether oxygens (including phenoxy) is 4. The van der Waals surface area contributed by atoms with Crippen LogP contribution in [0.15, 0.2) is 0 Å². The maximum absolute atomic E-state index is 11.8. The highest BCUT2D eigenvalue weighted by molar-refractivity contribution is 5.85. The second kappa shape index (κ2) is 24.0. The Bertz CT molecular complexity index is 589. The second-order valence-electron chi connectivity index (χ2n) is 8.14. The Balaban J connectivity index is 3.41. The zero-order chi connectivity index (χ0) is 26.2. The van der Waals surface area contributed by atoms with Crippen LogP contribution in [0.3, 0.4) is 0 Å². The average molecular weight is 504 g/mol. The van der Waals surface area contributed by atoms with Gasteiger partial charge in [-0.25, -0.2) is 0 Å². The number of likely N-dealkylation sites (N-methyl/N-ethyl adjacent to an activating group) is 1. The molecule has 35 heavy (non-hydrogen) atoms. The maximum Gasteiger partial charge on any atom is 0.246 e. The SMILES string of the molecule is CN[C@@H](CCCCCC(=O)COCCOCCNC(=O)COCCOCCCC(C)=O)C(=O)CN. The molecular weight excluding hydrogens is 458 g/mol. The van der Waals surface area contributed by atoms with Gasteiger partial charge < -0.3 is 40.1 Å². The van der Waals surface area contributed by atoms with E-state index in [1.165, 1.54) is 0 Å². The molecule has 0 unspecified atom stereocenters. The molecule has 0 radical (unpaired) electrons. The molecule has 1 atom stereocenters. The Morgan fingerprint density at radius 3 is 2.09 bits per heavy atom. The second-order valence-corrected chi connectivity index (χ2v) is 8.14. The fraction of sp³-hybridized carbons (Fsp3) is 0.833. The number of unbranched alkanes of at least 4 members (excludes halogenated alkanes) is 2. The third-order valence-corrected chi connectivity index (χ3v) is 5.01. The molecule has 0 bridgehead atoms. The van der Waals surface area contributed by atoms with Gasteiger partial charge in [-0.05, 0) is 33.2 Å². The summed E-state index contributed by atoms with van der Waals surface area (Å²) in [6.07, 6.45) is 4.88. The van der Waals surface area contributed by atoms with Crippen LogP contribution in [0.1, 0.15) is 51.9 Å². The third kappa shape index (κ3) is 22.4. The highest BCUT2D eigenvalue weighted by Crippen LogP contribution is 2.07. The normalized spacial score (nSPS) is 11.9. The lowest BCUT2D eigenvalue weighted by Gasteiger charge is -2.13. The lowest BCUT2D eigenvalue weighted by atomic mass is 10.0. The summed E-state index contributed by atoms with van der Waals surface area (Å²) in [7, 11) is 1.75. The van der Waals surface area contributed by atoms with Crippen molar-refractivity contribution < 1.29 is 38.1 Å². The molecule has 0 heterocycles. The Morgan fingerprint density at radius 2 is 1.43 bits per heavy atom. The van der Waals surface area contributed by atoms with E-state index < -0.39 is 0 Å². The molecule has 0 aliphatic rings. The van der Waals surface area contributed by atoms with Gasteiger partial charge in [0.2, 0.25) is 5.91 Å². The third-order valence-electron chi connectivity index (χ3n) is 5.01. The highest BCUT2D eigenvalue weighted by atomic mass is 16.5. The fourth-order valence-corrected chi connectivity index (χ4v) is 3.06. The molecule has 0 spiro atoms. The van der Waals surface area contributed by atoms with Crippen molar-refractivity contribution in [2.75, 3.05) is 73.0 Å². The van der Waals surface area contributed by atoms with E-state index in [4.69, 9.17) is 24.7 Å². The molecule has 4 N–H and O–H groups in total. The molecule has 0 aromatic heterocycles. The van der Waals surface area contributed by atoms with Gasteiger partial charge in [-0.3, -0.25) is 14.4 Å². The number of carbonyl (C=O) groups is 4. The molecule has 0 aliphatic carbocycles. The average Bonchev–Trinajstić information content (AvgIpc) is 2.83. The first-order valence-electron chi connectivity index (χ1n) is 12.4. The summed E-state index contributed by atoms with van der Waals surface area (Å²) in [6.45, 7) is 4.12. The van der Waals surface area contributed by atoms with Gasteiger partial charge in [0.25, 0.3) is 0 Å². The Morgan fingerprint density at radius 1 is 0.771 bits per heavy atom. The van der Waals surface area contributed by atoms with Gasteiger partial charge in [0.05, 0.1) is 45.6 Å². The summed E-state index contributed by atoms with van der Waals surface area (Å²) in [5.41, 5.74) is 5.37. The van der Waals surface area contributed by atoms with Crippen molar-refractivity contribution in [3.8, 4) is 0 Å². The number of nitrogens with one attached hydrogen (secondary N) is 2. The Labute approximate surface area is 209 Å². The van der Waals surface area contributed by atoms with Crippen LogP contribution in [0, 0.1) is 0 Å². The quantitative estimate of drug-likeness (QED) is 0.139. The number of ketones is 3. The molecule has 0 aliphatic heterocycles. The van der Waals surface area contributed by atoms with E-state index in [1.54, 1.807) is 14.0 Å². The van der Waals surface area contributed by atoms with Crippen molar-refractivity contribution in [3.05, 3.63) is 0 Å². The van der Waals surface area contributed by atoms with E-state index in [1.807, 2.05) is 0 Å². The number of carbonyl (C=O) groups excluding carboxylic acids is 4. The van der Waals surface area contributed by atoms with E-state index in [2.05, 4.69) is 10.6 Å². The fourth-order valence-electron chi connectivity index (χ4n) is 3.06. The number of hydrogen-bond acceptors (Lipinski definition) is 10. The maximum atomic E-state index is 11.8. The van der Waals surface area contributed by atoms with Gasteiger partial charge >= 0.3 is 0 Å². The standard InChI is InChI=1S/C24H45N3O8/c1-20(28)7-6-11-32-13-16-35-19-24(31)27-10-12-33-14-15-34-18-21(29)8-4-3-5-9-22(26-2)23(30)17-25/h22,26H,3-19,25H2,1-2H3,(H,27,31)/t22-/m0/s1. The molecule has 0 saturated carbocycles. The predicted octanol–water partition coefficient (Wildman–Crippen LogP) is 0.174. The Kier molecular flexibility index (Phi) is 22.8. The molecule has 0 fully saturated rings. The summed E-state index contributed by atoms with van der Waals surface area (Å²) in [5.74, 6) is -0.0436. The van der Waals surface area contributed by atoms with Gasteiger partial charge in [-0.15, -0.1) is 0 Å². The first kappa shape index (κ1) is 33.2. The molecule has 1 amide bonds. The van der Waals surface area contributed by atoms with Crippen molar-refractivity contribution in [2.45, 2.75) is 57.9 Å². The minimum atomic E-state index is -0.237. The number of rotatable bonds is 26. The van der Waals surface area contributed by atoms with E-state index in [0.717, 1.165) is 25.7 Å². The van der Waals surface area contributed by atoms with Crippen molar-refractivity contribution in [2.24, 2.45) is 5.73 Å². The van der Waals surface area contributed by atoms with E-state index in [-0.39, 0.29) is 49.1 Å². The molecule has 204 valence electrons. The van der Waals surface area contributed by atoms with Gasteiger partial charge in [-0.1, -0.05) is 12.8 Å². The van der Waals surface area contributed by atoms with E-state index in [0.29, 0.717) is 65.4 Å². The van der Waals surface area contributed by atoms with Crippen LogP contribution in [0.2, 0.25) is 0 Å². The monoisotopic (exact) mass is 503 g/mol. The van der Waals surface area contributed by atoms with Gasteiger partial charge in [0, 0.05) is 26.0 Å². The largest absolute Gasteiger partial charge is 0.379 e. The minimum Gasteiger partial charge on any atom is -0.379 e. The topological polar surface area (TPSA) is 155 Å². The van der Waals surface area contributed by atoms with E-state index in [9.17, 15) is 19.2 Å². The smallest absolute Gasteiger partial charge is 0.246 e. The van der Waals surface area contributed by atoms with Crippen LogP contribution in [-0.2, 0) is 38.1 Å². The lowest BCUT2D eigenvalue weighted by molar-refractivity contribution is -0.127. The molecule has 0 aromatic rings. The van der Waals surface area contributed by atoms with E-state index >= 15 is 0 Å². The number of nitrogens with two attached hydrogens (primary N) is 1. The number of amides is 1. The van der Waals surface area contributed by atoms with Crippen molar-refractivity contribution in [3.63, 3.8) is 0 Å². The highest BCUT2D eigenvalue weighted by Gasteiger charge is 2.13. The number of Topliss-reactive ketones (excluding diaryl/α,β-unsaturated/α-hetero) is 3. The Hall–Kier alpha value is -1.76. The van der Waals surface area contributed by atoms with Crippen LogP contribution in [0.5, 0.6) is 0 Å². The predicted molar refractivity (Wildman–Crippen MR) is 131 cm³/mol. The first-order chi connectivity index (χ1) is 16.9. The molecule has 0 rings (SSSR count). The summed E-state index contributed by atoms with van der Waals surface area (Å²) >= 11 is 0. The van der Waals surface area contributed by atoms with Crippen LogP contribution in [-0.4, -0.2) is 102 Å². The summed E-state index contributed by atoms with van der Waals surface area (Å²) < 4.78 is 21.2. The lowest BCUT2D eigenvalue weighted by Crippen LogP contribution is -2.38.